The van der Waals surface area contributed by atoms with Gasteiger partial charge in [-0.1, -0.05) is 27.7 Å². The zero-order chi connectivity index (χ0) is 15.1. The first-order chi connectivity index (χ1) is 9.21. The molecule has 1 fully saturated rings. The summed E-state index contributed by atoms with van der Waals surface area (Å²) >= 11 is 0. The average Bonchev–Trinajstić information content (AvgIpc) is 2.77. The van der Waals surface area contributed by atoms with Crippen molar-refractivity contribution in [2.45, 2.75) is 27.7 Å². The van der Waals surface area contributed by atoms with Crippen LogP contribution in [0.15, 0.2) is 18.2 Å². The molecule has 0 spiro atoms. The summed E-state index contributed by atoms with van der Waals surface area (Å²) in [5.41, 5.74) is 7.41. The Balaban J connectivity index is 2.00. The number of anilines is 1. The van der Waals surface area contributed by atoms with Crippen molar-refractivity contribution >= 4 is 11.6 Å². The van der Waals surface area contributed by atoms with Gasteiger partial charge in [0.05, 0.1) is 12.8 Å². The van der Waals surface area contributed by atoms with Crippen LogP contribution in [-0.2, 0) is 0 Å². The quantitative estimate of drug-likeness (QED) is 0.831. The van der Waals surface area contributed by atoms with E-state index in [1.807, 2.05) is 0 Å². The van der Waals surface area contributed by atoms with E-state index in [-0.39, 0.29) is 16.7 Å². The van der Waals surface area contributed by atoms with Gasteiger partial charge >= 0.3 is 0 Å². The molecular formula is C16H24N2O2. The lowest BCUT2D eigenvalue weighted by molar-refractivity contribution is 0.0949. The van der Waals surface area contributed by atoms with Crippen LogP contribution in [0.5, 0.6) is 5.75 Å². The fourth-order valence-corrected chi connectivity index (χ4v) is 2.99. The van der Waals surface area contributed by atoms with Gasteiger partial charge in [-0.3, -0.25) is 4.79 Å². The lowest BCUT2D eigenvalue weighted by Crippen LogP contribution is -2.27. The van der Waals surface area contributed by atoms with Crippen molar-refractivity contribution in [3.8, 4) is 5.75 Å². The highest BCUT2D eigenvalue weighted by molar-refractivity contribution is 5.95. The number of ether oxygens (including phenoxy) is 1. The largest absolute Gasteiger partial charge is 0.495 e. The third-order valence-corrected chi connectivity index (χ3v) is 5.28. The SMILES string of the molecule is COc1cc(C(=O)NCC2C(C)(C)C2(C)C)ccc1N. The number of benzene rings is 1. The van der Waals surface area contributed by atoms with E-state index in [1.54, 1.807) is 25.3 Å². The number of nitrogens with two attached hydrogens (primary N) is 1. The number of carbonyl (C=O) groups is 1. The summed E-state index contributed by atoms with van der Waals surface area (Å²) in [7, 11) is 1.54. The minimum absolute atomic E-state index is 0.0817. The van der Waals surface area contributed by atoms with E-state index >= 15 is 0 Å². The normalized spacial score (nSPS) is 19.4. The Morgan fingerprint density at radius 3 is 2.40 bits per heavy atom. The molecule has 0 aromatic heterocycles. The maximum Gasteiger partial charge on any atom is 0.251 e. The Labute approximate surface area is 120 Å². The third-order valence-electron chi connectivity index (χ3n) is 5.28. The molecule has 3 N–H and O–H groups in total. The van der Waals surface area contributed by atoms with Crippen LogP contribution in [0.25, 0.3) is 0 Å². The van der Waals surface area contributed by atoms with Gasteiger partial charge in [0, 0.05) is 12.1 Å². The Kier molecular flexibility index (Phi) is 3.44. The molecule has 1 aliphatic rings. The summed E-state index contributed by atoms with van der Waals surface area (Å²) < 4.78 is 5.13. The monoisotopic (exact) mass is 276 g/mol. The molecule has 110 valence electrons. The number of carbonyl (C=O) groups excluding carboxylic acids is 1. The van der Waals surface area contributed by atoms with Crippen LogP contribution in [0, 0.1) is 16.7 Å². The van der Waals surface area contributed by atoms with Crippen molar-refractivity contribution in [1.82, 2.24) is 5.32 Å². The molecule has 1 amide bonds. The minimum atomic E-state index is -0.0817. The highest BCUT2D eigenvalue weighted by Crippen LogP contribution is 2.67. The fraction of sp³-hybridized carbons (Fsp3) is 0.562. The number of hydrogen-bond acceptors (Lipinski definition) is 3. The summed E-state index contributed by atoms with van der Waals surface area (Å²) in [5, 5.41) is 3.01. The summed E-state index contributed by atoms with van der Waals surface area (Å²) in [6, 6.07) is 5.09. The van der Waals surface area contributed by atoms with Gasteiger partial charge in [-0.2, -0.15) is 0 Å². The van der Waals surface area contributed by atoms with E-state index in [2.05, 4.69) is 33.0 Å². The summed E-state index contributed by atoms with van der Waals surface area (Å²) in [4.78, 5) is 12.2. The number of nitrogen functional groups attached to an aromatic ring is 1. The molecule has 0 unspecified atom stereocenters. The highest BCUT2D eigenvalue weighted by atomic mass is 16.5. The Hall–Kier alpha value is -1.71. The van der Waals surface area contributed by atoms with E-state index in [1.165, 1.54) is 0 Å². The average molecular weight is 276 g/mol. The van der Waals surface area contributed by atoms with Gasteiger partial charge in [0.1, 0.15) is 5.75 Å². The van der Waals surface area contributed by atoms with E-state index in [4.69, 9.17) is 10.5 Å². The molecule has 0 saturated heterocycles. The molecule has 1 saturated carbocycles. The smallest absolute Gasteiger partial charge is 0.251 e. The molecule has 2 rings (SSSR count). The minimum Gasteiger partial charge on any atom is -0.495 e. The molecule has 1 aromatic carbocycles. The van der Waals surface area contributed by atoms with Crippen LogP contribution < -0.4 is 15.8 Å². The Bertz CT molecular complexity index is 521. The number of rotatable bonds is 4. The standard InChI is InChI=1S/C16H24N2O2/c1-15(2)13(16(15,3)4)9-18-14(19)10-6-7-11(17)12(8-10)20-5/h6-8,13H,9,17H2,1-5H3,(H,18,19). The van der Waals surface area contributed by atoms with Gasteiger partial charge in [-0.15, -0.1) is 0 Å². The van der Waals surface area contributed by atoms with Crippen LogP contribution in [0.3, 0.4) is 0 Å². The van der Waals surface area contributed by atoms with Gasteiger partial charge < -0.3 is 15.8 Å². The van der Waals surface area contributed by atoms with Gasteiger partial charge in [-0.05, 0) is 34.9 Å². The predicted molar refractivity (Wildman–Crippen MR) is 80.8 cm³/mol. The second-order valence-corrected chi connectivity index (χ2v) is 6.66. The Morgan fingerprint density at radius 1 is 1.30 bits per heavy atom. The third kappa shape index (κ3) is 2.23. The summed E-state index contributed by atoms with van der Waals surface area (Å²) in [5.74, 6) is 0.959. The molecule has 1 aliphatic carbocycles. The van der Waals surface area contributed by atoms with Crippen molar-refractivity contribution in [3.05, 3.63) is 23.8 Å². The van der Waals surface area contributed by atoms with Gasteiger partial charge in [0.2, 0.25) is 0 Å². The van der Waals surface area contributed by atoms with E-state index in [0.29, 0.717) is 29.5 Å². The molecule has 0 bridgehead atoms. The molecule has 0 radical (unpaired) electrons. The molecule has 0 aliphatic heterocycles. The van der Waals surface area contributed by atoms with Crippen molar-refractivity contribution in [3.63, 3.8) is 0 Å². The first kappa shape index (κ1) is 14.7. The lowest BCUT2D eigenvalue weighted by Gasteiger charge is -2.09. The second kappa shape index (κ2) is 4.69. The molecule has 4 nitrogen and oxygen atoms in total. The maximum atomic E-state index is 12.2. The predicted octanol–water partition coefficient (Wildman–Crippen LogP) is 2.69. The van der Waals surface area contributed by atoms with E-state index < -0.39 is 0 Å². The van der Waals surface area contributed by atoms with Crippen LogP contribution in [0.4, 0.5) is 5.69 Å². The van der Waals surface area contributed by atoms with Gasteiger partial charge in [0.25, 0.3) is 5.91 Å². The van der Waals surface area contributed by atoms with Crippen molar-refractivity contribution in [1.29, 1.82) is 0 Å². The zero-order valence-corrected chi connectivity index (χ0v) is 12.9. The number of hydrogen-bond donors (Lipinski definition) is 2. The highest BCUT2D eigenvalue weighted by Gasteiger charge is 2.64. The molecule has 4 heteroatoms. The first-order valence-corrected chi connectivity index (χ1v) is 6.93. The molecule has 0 heterocycles. The number of methoxy groups -OCH3 is 1. The van der Waals surface area contributed by atoms with Crippen LogP contribution >= 0.6 is 0 Å². The Morgan fingerprint density at radius 2 is 1.90 bits per heavy atom. The number of amides is 1. The van der Waals surface area contributed by atoms with Crippen molar-refractivity contribution in [2.24, 2.45) is 16.7 Å². The second-order valence-electron chi connectivity index (χ2n) is 6.66. The molecule has 20 heavy (non-hydrogen) atoms. The van der Waals surface area contributed by atoms with E-state index in [0.717, 1.165) is 0 Å². The zero-order valence-electron chi connectivity index (χ0n) is 12.9. The lowest BCUT2D eigenvalue weighted by atomic mass is 10.0. The van der Waals surface area contributed by atoms with Crippen LogP contribution in [0.1, 0.15) is 38.1 Å². The van der Waals surface area contributed by atoms with Crippen LogP contribution in [0.2, 0.25) is 0 Å². The van der Waals surface area contributed by atoms with Gasteiger partial charge in [-0.25, -0.2) is 0 Å². The first-order valence-electron chi connectivity index (χ1n) is 6.93. The topological polar surface area (TPSA) is 64.3 Å². The van der Waals surface area contributed by atoms with Crippen molar-refractivity contribution < 1.29 is 9.53 Å². The van der Waals surface area contributed by atoms with Gasteiger partial charge in [0.15, 0.2) is 0 Å². The van der Waals surface area contributed by atoms with Crippen molar-refractivity contribution in [2.75, 3.05) is 19.4 Å². The molecular weight excluding hydrogens is 252 g/mol. The maximum absolute atomic E-state index is 12.2. The summed E-state index contributed by atoms with van der Waals surface area (Å²) in [6.07, 6.45) is 0. The van der Waals surface area contributed by atoms with Crippen LogP contribution in [-0.4, -0.2) is 19.6 Å². The molecule has 1 aromatic rings. The van der Waals surface area contributed by atoms with E-state index in [9.17, 15) is 4.79 Å². The fourth-order valence-electron chi connectivity index (χ4n) is 2.99. The number of nitrogens with one attached hydrogen (secondary N) is 1. The summed E-state index contributed by atoms with van der Waals surface area (Å²) in [6.45, 7) is 9.68. The molecule has 0 atom stereocenters.